The Morgan fingerprint density at radius 3 is 1.16 bits per heavy atom. The Morgan fingerprint density at radius 1 is 0.431 bits per heavy atom. The fourth-order valence-corrected chi connectivity index (χ4v) is 7.65. The molecule has 3 unspecified atom stereocenters. The molecule has 0 aromatic carbocycles. The quantitative estimate of drug-likeness (QED) is 0.0364. The van der Waals surface area contributed by atoms with Gasteiger partial charge in [-0.1, -0.05) is 236 Å². The molecule has 0 bridgehead atoms. The number of unbranched alkanes of at least 4 members (excludes halogenated alkanes) is 31. The van der Waals surface area contributed by atoms with E-state index in [1.807, 2.05) is 6.08 Å². The van der Waals surface area contributed by atoms with Gasteiger partial charge < -0.3 is 20.6 Å². The Bertz CT molecular complexity index is 943. The molecule has 0 spiro atoms. The fraction of sp³-hybridized carbons (Fsp3) is 0.830. The normalized spacial score (nSPS) is 13.8. The van der Waals surface area contributed by atoms with Crippen molar-refractivity contribution in [2.45, 2.75) is 276 Å². The lowest BCUT2D eigenvalue weighted by atomic mass is 10.0. The number of aliphatic hydroxyl groups is 3. The summed E-state index contributed by atoms with van der Waals surface area (Å²) in [5.41, 5.74) is 0. The molecule has 0 aromatic rings. The van der Waals surface area contributed by atoms with E-state index in [-0.39, 0.29) is 18.9 Å². The molecule has 0 aromatic heterocycles. The van der Waals surface area contributed by atoms with Crippen LogP contribution in [0.3, 0.4) is 0 Å². The third-order valence-electron chi connectivity index (χ3n) is 11.6. The van der Waals surface area contributed by atoms with Gasteiger partial charge in [0, 0.05) is 0 Å². The number of nitrogens with one attached hydrogen (secondary N) is 1. The Hall–Kier alpha value is -1.69. The number of rotatable bonds is 46. The van der Waals surface area contributed by atoms with Gasteiger partial charge in [0.1, 0.15) is 0 Å². The van der Waals surface area contributed by atoms with E-state index in [0.717, 1.165) is 38.5 Å². The van der Waals surface area contributed by atoms with Crippen molar-refractivity contribution in [2.75, 3.05) is 6.61 Å². The number of amides is 1. The average Bonchev–Trinajstić information content (AvgIpc) is 3.22. The summed E-state index contributed by atoms with van der Waals surface area (Å²) in [7, 11) is 0. The second-order valence-electron chi connectivity index (χ2n) is 17.4. The summed E-state index contributed by atoms with van der Waals surface area (Å²) in [4.78, 5) is 12.4. The predicted octanol–water partition coefficient (Wildman–Crippen LogP) is 15.3. The zero-order valence-corrected chi connectivity index (χ0v) is 38.7. The standard InChI is InChI=1S/C53H99NO4/c1-3-5-7-9-11-13-15-17-18-19-20-21-22-23-24-25-26-27-28-29-30-31-32-33-34-35-36-38-40-42-44-46-50(56)48-53(58)54-51(49-55)52(57)47-45-43-41-39-37-16-14-12-10-8-6-4-2/h10,12,23-24,37,39,45,47,50-52,55-57H,3-9,11,13-22,25-36,38,40-44,46,48-49H2,1-2H3,(H,54,58)/b12-10+,24-23-,39-37+,47-45+. The zero-order chi connectivity index (χ0) is 42.3. The monoisotopic (exact) mass is 814 g/mol. The summed E-state index contributed by atoms with van der Waals surface area (Å²) in [5.74, 6) is -0.330. The Kier molecular flexibility index (Phi) is 46.6. The van der Waals surface area contributed by atoms with E-state index < -0.39 is 18.2 Å². The van der Waals surface area contributed by atoms with Gasteiger partial charge in [-0.25, -0.2) is 0 Å². The van der Waals surface area contributed by atoms with Crippen LogP contribution >= 0.6 is 0 Å². The van der Waals surface area contributed by atoms with Crippen molar-refractivity contribution in [3.63, 3.8) is 0 Å². The highest BCUT2D eigenvalue weighted by molar-refractivity contribution is 5.76. The maximum Gasteiger partial charge on any atom is 0.222 e. The van der Waals surface area contributed by atoms with E-state index >= 15 is 0 Å². The number of hydrogen-bond donors (Lipinski definition) is 4. The van der Waals surface area contributed by atoms with Gasteiger partial charge in [0.2, 0.25) is 5.91 Å². The van der Waals surface area contributed by atoms with Crippen LogP contribution in [0, 0.1) is 0 Å². The van der Waals surface area contributed by atoms with Gasteiger partial charge in [-0.3, -0.25) is 4.79 Å². The second-order valence-corrected chi connectivity index (χ2v) is 17.4. The predicted molar refractivity (Wildman–Crippen MR) is 254 cm³/mol. The molecule has 0 aliphatic carbocycles. The molecule has 0 radical (unpaired) electrons. The van der Waals surface area contributed by atoms with Crippen LogP contribution in [0.2, 0.25) is 0 Å². The van der Waals surface area contributed by atoms with Crippen molar-refractivity contribution in [1.82, 2.24) is 5.32 Å². The smallest absolute Gasteiger partial charge is 0.222 e. The van der Waals surface area contributed by atoms with Gasteiger partial charge in [0.15, 0.2) is 0 Å². The zero-order valence-electron chi connectivity index (χ0n) is 38.7. The first-order chi connectivity index (χ1) is 28.5. The largest absolute Gasteiger partial charge is 0.394 e. The van der Waals surface area contributed by atoms with Gasteiger partial charge in [-0.2, -0.15) is 0 Å². The van der Waals surface area contributed by atoms with Crippen LogP contribution in [0.4, 0.5) is 0 Å². The van der Waals surface area contributed by atoms with Crippen molar-refractivity contribution in [3.8, 4) is 0 Å². The molecule has 0 saturated carbocycles. The first-order valence-electron chi connectivity index (χ1n) is 25.4. The van der Waals surface area contributed by atoms with Gasteiger partial charge in [-0.05, 0) is 64.2 Å². The van der Waals surface area contributed by atoms with Crippen LogP contribution in [0.1, 0.15) is 258 Å². The molecule has 5 nitrogen and oxygen atoms in total. The van der Waals surface area contributed by atoms with E-state index in [4.69, 9.17) is 0 Å². The van der Waals surface area contributed by atoms with Crippen molar-refractivity contribution < 1.29 is 20.1 Å². The molecule has 1 amide bonds. The molecule has 3 atom stereocenters. The van der Waals surface area contributed by atoms with E-state index in [1.165, 1.54) is 193 Å². The molecule has 4 N–H and O–H groups in total. The van der Waals surface area contributed by atoms with Crippen molar-refractivity contribution >= 4 is 5.91 Å². The Labute approximate surface area is 361 Å². The minimum Gasteiger partial charge on any atom is -0.394 e. The third-order valence-corrected chi connectivity index (χ3v) is 11.6. The topological polar surface area (TPSA) is 89.8 Å². The summed E-state index contributed by atoms with van der Waals surface area (Å²) in [6, 6.07) is -0.766. The van der Waals surface area contributed by atoms with Crippen LogP contribution in [0.25, 0.3) is 0 Å². The van der Waals surface area contributed by atoms with Crippen LogP contribution in [-0.2, 0) is 4.79 Å². The average molecular weight is 814 g/mol. The van der Waals surface area contributed by atoms with E-state index in [1.54, 1.807) is 6.08 Å². The van der Waals surface area contributed by atoms with E-state index in [9.17, 15) is 20.1 Å². The molecule has 340 valence electrons. The van der Waals surface area contributed by atoms with Crippen LogP contribution in [0.5, 0.6) is 0 Å². The van der Waals surface area contributed by atoms with Gasteiger partial charge in [-0.15, -0.1) is 0 Å². The number of aliphatic hydroxyl groups excluding tert-OH is 3. The SMILES string of the molecule is CCCC/C=C/CC/C=C/CC/C=C/C(O)C(CO)NC(=O)CC(O)CCCCCCCCCCCCCCCCC/C=C\CCCCCCCCCCCCCC. The number of carbonyl (C=O) groups is 1. The summed E-state index contributed by atoms with van der Waals surface area (Å²) in [6.07, 6.45) is 63.0. The minimum atomic E-state index is -0.959. The summed E-state index contributed by atoms with van der Waals surface area (Å²) in [6.45, 7) is 4.16. The van der Waals surface area contributed by atoms with Gasteiger partial charge in [0.25, 0.3) is 0 Å². The highest BCUT2D eigenvalue weighted by atomic mass is 16.3. The molecule has 58 heavy (non-hydrogen) atoms. The maximum atomic E-state index is 12.4. The number of carbonyl (C=O) groups excluding carboxylic acids is 1. The number of allylic oxidation sites excluding steroid dienone is 7. The molecule has 0 heterocycles. The van der Waals surface area contributed by atoms with Crippen LogP contribution in [-0.4, -0.2) is 46.1 Å². The van der Waals surface area contributed by atoms with E-state index in [2.05, 4.69) is 55.6 Å². The highest BCUT2D eigenvalue weighted by Gasteiger charge is 2.20. The third kappa shape index (κ3) is 43.9. The Balaban J connectivity index is 3.53. The molecule has 0 saturated heterocycles. The lowest BCUT2D eigenvalue weighted by Crippen LogP contribution is -2.45. The summed E-state index contributed by atoms with van der Waals surface area (Å²) < 4.78 is 0. The molecular weight excluding hydrogens is 715 g/mol. The highest BCUT2D eigenvalue weighted by Crippen LogP contribution is 2.16. The maximum absolute atomic E-state index is 12.4. The minimum absolute atomic E-state index is 0.00269. The molecule has 5 heteroatoms. The van der Waals surface area contributed by atoms with Crippen molar-refractivity contribution in [3.05, 3.63) is 48.6 Å². The lowest BCUT2D eigenvalue weighted by Gasteiger charge is -2.21. The molecule has 0 rings (SSSR count). The molecule has 0 fully saturated rings. The van der Waals surface area contributed by atoms with Crippen molar-refractivity contribution in [1.29, 1.82) is 0 Å². The number of hydrogen-bond acceptors (Lipinski definition) is 4. The lowest BCUT2D eigenvalue weighted by molar-refractivity contribution is -0.124. The second kappa shape index (κ2) is 48.0. The van der Waals surface area contributed by atoms with Crippen LogP contribution in [0.15, 0.2) is 48.6 Å². The van der Waals surface area contributed by atoms with Gasteiger partial charge >= 0.3 is 0 Å². The molecular formula is C53H99NO4. The van der Waals surface area contributed by atoms with Gasteiger partial charge in [0.05, 0.1) is 31.3 Å². The summed E-state index contributed by atoms with van der Waals surface area (Å²) in [5, 5.41) is 33.2. The fourth-order valence-electron chi connectivity index (χ4n) is 7.65. The first kappa shape index (κ1) is 56.3. The Morgan fingerprint density at radius 2 is 0.759 bits per heavy atom. The van der Waals surface area contributed by atoms with E-state index in [0.29, 0.717) is 6.42 Å². The van der Waals surface area contributed by atoms with Crippen LogP contribution < -0.4 is 5.32 Å². The first-order valence-corrected chi connectivity index (χ1v) is 25.4. The molecule has 0 aliphatic heterocycles. The summed E-state index contributed by atoms with van der Waals surface area (Å²) >= 11 is 0. The van der Waals surface area contributed by atoms with Crippen molar-refractivity contribution in [2.24, 2.45) is 0 Å². The molecule has 0 aliphatic rings.